The van der Waals surface area contributed by atoms with Crippen LogP contribution in [0.1, 0.15) is 65.7 Å². The van der Waals surface area contributed by atoms with Crippen LogP contribution in [0, 0.1) is 0 Å². The van der Waals surface area contributed by atoms with Crippen LogP contribution in [0.25, 0.3) is 0 Å². The van der Waals surface area contributed by atoms with Crippen molar-refractivity contribution in [3.05, 3.63) is 0 Å². The van der Waals surface area contributed by atoms with Gasteiger partial charge in [0.05, 0.1) is 12.2 Å². The van der Waals surface area contributed by atoms with Crippen molar-refractivity contribution in [2.45, 2.75) is 71.3 Å². The van der Waals surface area contributed by atoms with Crippen LogP contribution < -0.4 is 5.73 Å². The number of rotatable bonds is 10. The summed E-state index contributed by atoms with van der Waals surface area (Å²) >= 11 is 0. The fourth-order valence-electron chi connectivity index (χ4n) is 1.95. The van der Waals surface area contributed by atoms with Crippen molar-refractivity contribution in [3.8, 4) is 0 Å². The van der Waals surface area contributed by atoms with E-state index < -0.39 is 0 Å². The highest BCUT2D eigenvalue weighted by molar-refractivity contribution is 5.73. The highest BCUT2D eigenvalue weighted by Gasteiger charge is 2.26. The summed E-state index contributed by atoms with van der Waals surface area (Å²) in [5.41, 5.74) is 5.07. The maximum atomic E-state index is 10.7. The Morgan fingerprint density at radius 3 is 2.25 bits per heavy atom. The molecular weight excluding hydrogens is 202 g/mol. The van der Waals surface area contributed by atoms with Gasteiger partial charge in [-0.15, -0.1) is 0 Å². The molecular formula is C13H27NO2. The van der Waals surface area contributed by atoms with Crippen LogP contribution in [-0.4, -0.2) is 18.1 Å². The highest BCUT2D eigenvalue weighted by atomic mass is 16.5. The second kappa shape index (κ2) is 8.57. The van der Waals surface area contributed by atoms with Crippen LogP contribution in [0.15, 0.2) is 0 Å². The van der Waals surface area contributed by atoms with Gasteiger partial charge in [0.25, 0.3) is 0 Å². The molecule has 0 saturated heterocycles. The first-order valence-corrected chi connectivity index (χ1v) is 6.52. The molecule has 0 aliphatic heterocycles. The zero-order chi connectivity index (χ0) is 12.4. The number of nitrogens with two attached hydrogens (primary N) is 1. The van der Waals surface area contributed by atoms with Gasteiger partial charge in [-0.3, -0.25) is 4.79 Å². The molecule has 0 aliphatic carbocycles. The van der Waals surface area contributed by atoms with Crippen molar-refractivity contribution < 1.29 is 9.53 Å². The van der Waals surface area contributed by atoms with E-state index in [2.05, 4.69) is 20.8 Å². The monoisotopic (exact) mass is 229 g/mol. The van der Waals surface area contributed by atoms with Crippen LogP contribution in [-0.2, 0) is 9.53 Å². The van der Waals surface area contributed by atoms with Gasteiger partial charge in [-0.1, -0.05) is 40.0 Å². The Morgan fingerprint density at radius 2 is 1.81 bits per heavy atom. The van der Waals surface area contributed by atoms with Crippen molar-refractivity contribution in [2.24, 2.45) is 5.73 Å². The summed E-state index contributed by atoms with van der Waals surface area (Å²) in [5, 5.41) is 0. The maximum absolute atomic E-state index is 10.7. The summed E-state index contributed by atoms with van der Waals surface area (Å²) in [7, 11) is 0. The minimum atomic E-state index is -0.283. The lowest BCUT2D eigenvalue weighted by Crippen LogP contribution is -2.32. The minimum absolute atomic E-state index is 0.0371. The molecule has 2 N–H and O–H groups in total. The molecule has 96 valence electrons. The first-order valence-electron chi connectivity index (χ1n) is 6.52. The molecule has 0 unspecified atom stereocenters. The molecule has 0 heterocycles. The van der Waals surface area contributed by atoms with Crippen LogP contribution in [0.2, 0.25) is 0 Å². The Bertz CT molecular complexity index is 188. The van der Waals surface area contributed by atoms with Gasteiger partial charge in [0.15, 0.2) is 0 Å². The first-order chi connectivity index (χ1) is 7.60. The molecule has 0 spiro atoms. The zero-order valence-corrected chi connectivity index (χ0v) is 11.1. The van der Waals surface area contributed by atoms with Gasteiger partial charge in [0.2, 0.25) is 5.91 Å². The van der Waals surface area contributed by atoms with E-state index in [4.69, 9.17) is 10.5 Å². The van der Waals surface area contributed by atoms with E-state index in [9.17, 15) is 4.79 Å². The predicted octanol–water partition coefficient (Wildman–Crippen LogP) is 3.02. The zero-order valence-electron chi connectivity index (χ0n) is 11.1. The number of amides is 1. The van der Waals surface area contributed by atoms with E-state index in [0.29, 0.717) is 13.0 Å². The Hall–Kier alpha value is -0.570. The van der Waals surface area contributed by atoms with Gasteiger partial charge >= 0.3 is 0 Å². The quantitative estimate of drug-likeness (QED) is 0.585. The molecule has 0 radical (unpaired) electrons. The second-order valence-electron chi connectivity index (χ2n) is 4.41. The molecule has 1 amide bonds. The number of carbonyl (C=O) groups excluding carboxylic acids is 1. The van der Waals surface area contributed by atoms with Gasteiger partial charge in [0.1, 0.15) is 0 Å². The molecule has 0 aromatic carbocycles. The van der Waals surface area contributed by atoms with E-state index in [-0.39, 0.29) is 11.5 Å². The topological polar surface area (TPSA) is 52.3 Å². The molecule has 0 saturated carbocycles. The number of unbranched alkanes of at least 4 members (excludes halogenated alkanes) is 2. The van der Waals surface area contributed by atoms with E-state index in [1.807, 2.05) is 0 Å². The average Bonchev–Trinajstić information content (AvgIpc) is 2.27. The summed E-state index contributed by atoms with van der Waals surface area (Å²) in [6.07, 6.45) is 7.11. The predicted molar refractivity (Wildman–Crippen MR) is 67.2 cm³/mol. The molecule has 0 aromatic heterocycles. The summed E-state index contributed by atoms with van der Waals surface area (Å²) in [6.45, 7) is 6.97. The number of hydrogen-bond acceptors (Lipinski definition) is 2. The van der Waals surface area contributed by atoms with Crippen molar-refractivity contribution >= 4 is 5.91 Å². The lowest BCUT2D eigenvalue weighted by Gasteiger charge is -2.32. The number of hydrogen-bond donors (Lipinski definition) is 1. The van der Waals surface area contributed by atoms with E-state index in [1.165, 1.54) is 19.3 Å². The number of primary amides is 1. The first kappa shape index (κ1) is 15.4. The lowest BCUT2D eigenvalue weighted by atomic mass is 9.90. The molecule has 3 nitrogen and oxygen atoms in total. The van der Waals surface area contributed by atoms with Crippen molar-refractivity contribution in [3.63, 3.8) is 0 Å². The lowest BCUT2D eigenvalue weighted by molar-refractivity contribution is -0.121. The highest BCUT2D eigenvalue weighted by Crippen LogP contribution is 2.27. The molecule has 0 bridgehead atoms. The van der Waals surface area contributed by atoms with Gasteiger partial charge in [-0.25, -0.2) is 0 Å². The fraction of sp³-hybridized carbons (Fsp3) is 0.923. The SMILES string of the molecule is CCCCCC(CC)(CC)OCCC(N)=O. The Kier molecular flexibility index (Phi) is 8.26. The second-order valence-corrected chi connectivity index (χ2v) is 4.41. The third-order valence-corrected chi connectivity index (χ3v) is 3.28. The third-order valence-electron chi connectivity index (χ3n) is 3.28. The number of ether oxygens (including phenoxy) is 1. The van der Waals surface area contributed by atoms with Crippen LogP contribution in [0.3, 0.4) is 0 Å². The van der Waals surface area contributed by atoms with Gasteiger partial charge in [-0.2, -0.15) is 0 Å². The molecule has 0 atom stereocenters. The van der Waals surface area contributed by atoms with E-state index >= 15 is 0 Å². The summed E-state index contributed by atoms with van der Waals surface area (Å²) < 4.78 is 5.88. The molecule has 16 heavy (non-hydrogen) atoms. The Morgan fingerprint density at radius 1 is 1.19 bits per heavy atom. The van der Waals surface area contributed by atoms with Crippen LogP contribution in [0.5, 0.6) is 0 Å². The smallest absolute Gasteiger partial charge is 0.219 e. The largest absolute Gasteiger partial charge is 0.374 e. The molecule has 3 heteroatoms. The minimum Gasteiger partial charge on any atom is -0.374 e. The fourth-order valence-corrected chi connectivity index (χ4v) is 1.95. The summed E-state index contributed by atoms with van der Waals surface area (Å²) in [5.74, 6) is -0.283. The van der Waals surface area contributed by atoms with E-state index in [0.717, 1.165) is 19.3 Å². The number of carbonyl (C=O) groups is 1. The Balaban J connectivity index is 4.04. The van der Waals surface area contributed by atoms with Crippen molar-refractivity contribution in [1.82, 2.24) is 0 Å². The van der Waals surface area contributed by atoms with Gasteiger partial charge < -0.3 is 10.5 Å². The third kappa shape index (κ3) is 6.11. The Labute approximate surface area is 99.7 Å². The van der Waals surface area contributed by atoms with E-state index in [1.54, 1.807) is 0 Å². The van der Waals surface area contributed by atoms with Crippen LogP contribution >= 0.6 is 0 Å². The van der Waals surface area contributed by atoms with Crippen molar-refractivity contribution in [1.29, 1.82) is 0 Å². The maximum Gasteiger partial charge on any atom is 0.219 e. The average molecular weight is 229 g/mol. The molecule has 0 aliphatic rings. The molecule has 0 fully saturated rings. The standard InChI is InChI=1S/C13H27NO2/c1-4-7-8-10-13(5-2,6-3)16-11-9-12(14)15/h4-11H2,1-3H3,(H2,14,15). The van der Waals surface area contributed by atoms with Crippen molar-refractivity contribution in [2.75, 3.05) is 6.61 Å². The normalized spacial score (nSPS) is 11.7. The van der Waals surface area contributed by atoms with Gasteiger partial charge in [-0.05, 0) is 19.3 Å². The van der Waals surface area contributed by atoms with Gasteiger partial charge in [0, 0.05) is 6.42 Å². The summed E-state index contributed by atoms with van der Waals surface area (Å²) in [4.78, 5) is 10.7. The van der Waals surface area contributed by atoms with Crippen LogP contribution in [0.4, 0.5) is 0 Å². The summed E-state index contributed by atoms with van der Waals surface area (Å²) in [6, 6.07) is 0. The molecule has 0 aromatic rings. The molecule has 0 rings (SSSR count).